The first-order valence-corrected chi connectivity index (χ1v) is 7.88. The fraction of sp³-hybridized carbons (Fsp3) is 0.143. The number of rotatable bonds is 5. The molecule has 3 N–H and O–H groups in total. The predicted molar refractivity (Wildman–Crippen MR) is 86.1 cm³/mol. The molecule has 0 fully saturated rings. The Balaban J connectivity index is 1.92. The lowest BCUT2D eigenvalue weighted by Gasteiger charge is -2.10. The van der Waals surface area contributed by atoms with Crippen LogP contribution in [0.5, 0.6) is 0 Å². The number of carboxylic acids is 1. The Kier molecular flexibility index (Phi) is 5.35. The van der Waals surface area contributed by atoms with Gasteiger partial charge >= 0.3 is 12.0 Å². The molecule has 2 amide bonds. The zero-order valence-corrected chi connectivity index (χ0v) is 13.3. The van der Waals surface area contributed by atoms with Crippen LogP contribution in [0.2, 0.25) is 0 Å². The van der Waals surface area contributed by atoms with Gasteiger partial charge in [-0.25, -0.2) is 9.59 Å². The van der Waals surface area contributed by atoms with Crippen molar-refractivity contribution < 1.29 is 14.7 Å². The number of carbonyl (C=O) groups excluding carboxylic acids is 1. The molecule has 2 aromatic rings. The van der Waals surface area contributed by atoms with Gasteiger partial charge in [-0.05, 0) is 47.0 Å². The van der Waals surface area contributed by atoms with Crippen molar-refractivity contribution in [3.8, 4) is 0 Å². The lowest BCUT2D eigenvalue weighted by Crippen LogP contribution is -2.31. The monoisotopic (exact) mass is 368 g/mol. The highest BCUT2D eigenvalue weighted by Crippen LogP contribution is 2.21. The lowest BCUT2D eigenvalue weighted by atomic mass is 10.2. The van der Waals surface area contributed by atoms with Crippen molar-refractivity contribution in [3.05, 3.63) is 50.6 Å². The molecule has 110 valence electrons. The van der Waals surface area contributed by atoms with Gasteiger partial charge in [-0.1, -0.05) is 15.9 Å². The van der Waals surface area contributed by atoms with Gasteiger partial charge in [-0.15, -0.1) is 0 Å². The van der Waals surface area contributed by atoms with Crippen molar-refractivity contribution in [1.82, 2.24) is 5.32 Å². The molecule has 0 aliphatic carbocycles. The van der Waals surface area contributed by atoms with Crippen LogP contribution in [0.4, 0.5) is 10.5 Å². The Morgan fingerprint density at radius 2 is 2.10 bits per heavy atom. The molecule has 0 spiro atoms. The highest BCUT2D eigenvalue weighted by molar-refractivity contribution is 9.10. The second-order valence-corrected chi connectivity index (χ2v) is 5.95. The average molecular weight is 369 g/mol. The van der Waals surface area contributed by atoms with Crippen LogP contribution in [-0.4, -0.2) is 23.7 Å². The third-order valence-corrected chi connectivity index (χ3v) is 3.96. The second kappa shape index (κ2) is 7.24. The fourth-order valence-corrected chi connectivity index (χ4v) is 2.79. The molecule has 5 nitrogen and oxygen atoms in total. The normalized spacial score (nSPS) is 10.1. The molecule has 0 saturated carbocycles. The number of aromatic carboxylic acids is 1. The molecule has 0 unspecified atom stereocenters. The maximum absolute atomic E-state index is 11.8. The van der Waals surface area contributed by atoms with Gasteiger partial charge in [0.1, 0.15) is 0 Å². The zero-order valence-electron chi connectivity index (χ0n) is 10.9. The van der Waals surface area contributed by atoms with Crippen LogP contribution in [0.1, 0.15) is 15.9 Å². The van der Waals surface area contributed by atoms with E-state index in [0.717, 1.165) is 12.0 Å². The van der Waals surface area contributed by atoms with Crippen LogP contribution in [0.3, 0.4) is 0 Å². The van der Waals surface area contributed by atoms with E-state index in [-0.39, 0.29) is 11.3 Å². The first-order valence-electron chi connectivity index (χ1n) is 6.15. The van der Waals surface area contributed by atoms with Crippen molar-refractivity contribution in [2.24, 2.45) is 0 Å². The largest absolute Gasteiger partial charge is 0.478 e. The quantitative estimate of drug-likeness (QED) is 0.754. The SMILES string of the molecule is O=C(NCCc1ccsc1)Nc1ccc(Br)cc1C(=O)O. The van der Waals surface area contributed by atoms with E-state index in [1.807, 2.05) is 16.8 Å². The highest BCUT2D eigenvalue weighted by Gasteiger charge is 2.12. The van der Waals surface area contributed by atoms with E-state index < -0.39 is 12.0 Å². The van der Waals surface area contributed by atoms with Crippen LogP contribution in [0.15, 0.2) is 39.5 Å². The van der Waals surface area contributed by atoms with Gasteiger partial charge in [0.2, 0.25) is 0 Å². The lowest BCUT2D eigenvalue weighted by molar-refractivity contribution is 0.0698. The first-order chi connectivity index (χ1) is 10.1. The standard InChI is InChI=1S/C14H13BrN2O3S/c15-10-1-2-12(11(7-10)13(18)19)17-14(20)16-5-3-9-4-6-21-8-9/h1-2,4,6-8H,3,5H2,(H,18,19)(H2,16,17,20). The number of carboxylic acid groups (broad SMARTS) is 1. The summed E-state index contributed by atoms with van der Waals surface area (Å²) in [4.78, 5) is 22.9. The van der Waals surface area contributed by atoms with Gasteiger partial charge in [0.15, 0.2) is 0 Å². The summed E-state index contributed by atoms with van der Waals surface area (Å²) in [5.41, 5.74) is 1.46. The number of carbonyl (C=O) groups is 2. The number of hydrogen-bond acceptors (Lipinski definition) is 3. The molecule has 21 heavy (non-hydrogen) atoms. The van der Waals surface area contributed by atoms with Crippen LogP contribution in [-0.2, 0) is 6.42 Å². The van der Waals surface area contributed by atoms with Gasteiger partial charge in [-0.3, -0.25) is 0 Å². The van der Waals surface area contributed by atoms with Gasteiger partial charge in [0.05, 0.1) is 11.3 Å². The minimum absolute atomic E-state index is 0.0392. The van der Waals surface area contributed by atoms with E-state index in [1.165, 1.54) is 6.07 Å². The molecule has 0 aliphatic heterocycles. The summed E-state index contributed by atoms with van der Waals surface area (Å²) >= 11 is 4.81. The summed E-state index contributed by atoms with van der Waals surface area (Å²) in [5.74, 6) is -1.09. The Hall–Kier alpha value is -1.86. The number of urea groups is 1. The molecule has 0 bridgehead atoms. The van der Waals surface area contributed by atoms with E-state index in [2.05, 4.69) is 26.6 Å². The number of thiophene rings is 1. The summed E-state index contributed by atoms with van der Waals surface area (Å²) in [6, 6.07) is 6.25. The molecule has 1 aromatic carbocycles. The third-order valence-electron chi connectivity index (χ3n) is 2.74. The van der Waals surface area contributed by atoms with E-state index >= 15 is 0 Å². The molecule has 1 aromatic heterocycles. The number of hydrogen-bond donors (Lipinski definition) is 3. The topological polar surface area (TPSA) is 78.4 Å². The van der Waals surface area contributed by atoms with E-state index in [0.29, 0.717) is 11.0 Å². The second-order valence-electron chi connectivity index (χ2n) is 4.26. The number of benzene rings is 1. The van der Waals surface area contributed by atoms with E-state index in [9.17, 15) is 9.59 Å². The maximum Gasteiger partial charge on any atom is 0.337 e. The molecule has 0 saturated heterocycles. The molecule has 1 heterocycles. The summed E-state index contributed by atoms with van der Waals surface area (Å²) in [6.07, 6.45) is 0.739. The smallest absolute Gasteiger partial charge is 0.337 e. The first kappa shape index (κ1) is 15.5. The maximum atomic E-state index is 11.8. The molecule has 0 radical (unpaired) electrons. The zero-order chi connectivity index (χ0) is 15.2. The van der Waals surface area contributed by atoms with Crippen molar-refractivity contribution in [2.45, 2.75) is 6.42 Å². The Bertz CT molecular complexity index is 644. The summed E-state index contributed by atoms with van der Waals surface area (Å²) in [5, 5.41) is 18.4. The van der Waals surface area contributed by atoms with Gasteiger partial charge < -0.3 is 15.7 Å². The number of halogens is 1. The van der Waals surface area contributed by atoms with Crippen molar-refractivity contribution in [2.75, 3.05) is 11.9 Å². The minimum atomic E-state index is -1.09. The molecule has 2 rings (SSSR count). The van der Waals surface area contributed by atoms with E-state index in [1.54, 1.807) is 23.5 Å². The van der Waals surface area contributed by atoms with Crippen molar-refractivity contribution in [1.29, 1.82) is 0 Å². The minimum Gasteiger partial charge on any atom is -0.478 e. The molecule has 0 aliphatic rings. The van der Waals surface area contributed by atoms with Gasteiger partial charge in [0, 0.05) is 11.0 Å². The van der Waals surface area contributed by atoms with Crippen molar-refractivity contribution in [3.63, 3.8) is 0 Å². The number of amides is 2. The Labute approximate surface area is 134 Å². The van der Waals surface area contributed by atoms with Gasteiger partial charge in [-0.2, -0.15) is 11.3 Å². The van der Waals surface area contributed by atoms with Crippen LogP contribution in [0.25, 0.3) is 0 Å². The Morgan fingerprint density at radius 1 is 1.29 bits per heavy atom. The third kappa shape index (κ3) is 4.57. The van der Waals surface area contributed by atoms with Crippen LogP contribution < -0.4 is 10.6 Å². The molecule has 7 heteroatoms. The molecular formula is C14H13BrN2O3S. The van der Waals surface area contributed by atoms with Crippen molar-refractivity contribution >= 4 is 45.0 Å². The van der Waals surface area contributed by atoms with Gasteiger partial charge in [0.25, 0.3) is 0 Å². The van der Waals surface area contributed by atoms with Crippen LogP contribution in [0, 0.1) is 0 Å². The average Bonchev–Trinajstić information content (AvgIpc) is 2.94. The fourth-order valence-electron chi connectivity index (χ4n) is 1.72. The number of anilines is 1. The summed E-state index contributed by atoms with van der Waals surface area (Å²) in [6.45, 7) is 0.488. The summed E-state index contributed by atoms with van der Waals surface area (Å²) in [7, 11) is 0. The predicted octanol–water partition coefficient (Wildman–Crippen LogP) is 3.57. The summed E-state index contributed by atoms with van der Waals surface area (Å²) < 4.78 is 0.642. The molecular weight excluding hydrogens is 356 g/mol. The van der Waals surface area contributed by atoms with Crippen LogP contribution >= 0.6 is 27.3 Å². The Morgan fingerprint density at radius 3 is 2.76 bits per heavy atom. The molecule has 0 atom stereocenters. The van der Waals surface area contributed by atoms with E-state index in [4.69, 9.17) is 5.11 Å². The highest BCUT2D eigenvalue weighted by atomic mass is 79.9. The number of nitrogens with one attached hydrogen (secondary N) is 2.